The highest BCUT2D eigenvalue weighted by Crippen LogP contribution is 2.30. The summed E-state index contributed by atoms with van der Waals surface area (Å²) in [5.74, 6) is 0.900. The van der Waals surface area contributed by atoms with Gasteiger partial charge in [0.25, 0.3) is 0 Å². The lowest BCUT2D eigenvalue weighted by Gasteiger charge is -2.06. The van der Waals surface area contributed by atoms with Crippen LogP contribution in [0.4, 0.5) is 4.39 Å². The summed E-state index contributed by atoms with van der Waals surface area (Å²) in [5.41, 5.74) is 2.18. The van der Waals surface area contributed by atoms with Crippen molar-refractivity contribution >= 4 is 6.08 Å². The number of allylic oxidation sites excluding steroid dienone is 1. The molecule has 0 bridgehead atoms. The lowest BCUT2D eigenvalue weighted by atomic mass is 10.1. The zero-order valence-electron chi connectivity index (χ0n) is 14.0. The monoisotopic (exact) mass is 353 g/mol. The highest BCUT2D eigenvalue weighted by Gasteiger charge is 2.20. The molecule has 4 rings (SSSR count). The van der Waals surface area contributed by atoms with Gasteiger partial charge in [0, 0.05) is 11.6 Å². The maximum Gasteiger partial charge on any atom is 0.174 e. The van der Waals surface area contributed by atoms with E-state index in [1.54, 1.807) is 25.1 Å². The molecule has 2 aromatic heterocycles. The van der Waals surface area contributed by atoms with Crippen LogP contribution in [0.5, 0.6) is 5.75 Å². The van der Waals surface area contributed by atoms with Gasteiger partial charge >= 0.3 is 0 Å². The van der Waals surface area contributed by atoms with E-state index in [1.165, 1.54) is 17.1 Å². The molecule has 0 radical (unpaired) electrons. The Hall–Kier alpha value is -3.23. The molecule has 0 spiro atoms. The number of tetrazole rings is 1. The fourth-order valence-electron chi connectivity index (χ4n) is 2.88. The highest BCUT2D eigenvalue weighted by molar-refractivity contribution is 5.67. The fraction of sp³-hybridized carbons (Fsp3) is 0.294. The maximum absolute atomic E-state index is 13.7. The third-order valence-electron chi connectivity index (χ3n) is 4.22. The average molecular weight is 353 g/mol. The van der Waals surface area contributed by atoms with Crippen molar-refractivity contribution in [2.75, 3.05) is 0 Å². The Kier molecular flexibility index (Phi) is 4.11. The third-order valence-corrected chi connectivity index (χ3v) is 4.22. The van der Waals surface area contributed by atoms with Gasteiger partial charge in [-0.05, 0) is 55.2 Å². The van der Waals surface area contributed by atoms with Crippen LogP contribution in [0.2, 0.25) is 0 Å². The molecule has 0 saturated heterocycles. The normalized spacial score (nSPS) is 18.5. The number of nitrogens with zero attached hydrogens (tertiary/aromatic N) is 7. The number of phenols is 1. The lowest BCUT2D eigenvalue weighted by Crippen LogP contribution is -2.00. The molecule has 8 nitrogen and oxygen atoms in total. The molecule has 1 aromatic carbocycles. The van der Waals surface area contributed by atoms with Crippen molar-refractivity contribution < 1.29 is 9.50 Å². The number of halogens is 1. The topological polar surface area (TPSA) is 102 Å². The number of aromatic nitrogens is 7. The van der Waals surface area contributed by atoms with Crippen molar-refractivity contribution in [1.29, 1.82) is 0 Å². The van der Waals surface area contributed by atoms with E-state index in [4.69, 9.17) is 0 Å². The summed E-state index contributed by atoms with van der Waals surface area (Å²) in [5, 5.41) is 30.2. The second-order valence-electron chi connectivity index (χ2n) is 6.11. The third kappa shape index (κ3) is 3.15. The summed E-state index contributed by atoms with van der Waals surface area (Å²) in [6.07, 6.45) is 4.37. The molecule has 1 N–H and O–H groups in total. The van der Waals surface area contributed by atoms with Crippen LogP contribution in [0, 0.1) is 6.92 Å². The molecule has 0 unspecified atom stereocenters. The van der Waals surface area contributed by atoms with Gasteiger partial charge in [0.2, 0.25) is 0 Å². The van der Waals surface area contributed by atoms with E-state index >= 15 is 0 Å². The lowest BCUT2D eigenvalue weighted by molar-refractivity contribution is 0.391. The Balaban J connectivity index is 1.59. The van der Waals surface area contributed by atoms with Gasteiger partial charge in [0.1, 0.15) is 17.6 Å². The van der Waals surface area contributed by atoms with Gasteiger partial charge in [-0.1, -0.05) is 0 Å². The number of hydrogen-bond donors (Lipinski definition) is 1. The molecule has 1 atom stereocenters. The minimum absolute atomic E-state index is 0.000673. The van der Waals surface area contributed by atoms with Crippen molar-refractivity contribution in [1.82, 2.24) is 35.4 Å². The second kappa shape index (κ2) is 6.58. The first-order valence-corrected chi connectivity index (χ1v) is 8.25. The smallest absolute Gasteiger partial charge is 0.174 e. The molecule has 26 heavy (non-hydrogen) atoms. The quantitative estimate of drug-likeness (QED) is 0.771. The Morgan fingerprint density at radius 2 is 2.15 bits per heavy atom. The van der Waals surface area contributed by atoms with Gasteiger partial charge < -0.3 is 5.11 Å². The van der Waals surface area contributed by atoms with E-state index in [-0.39, 0.29) is 5.75 Å². The van der Waals surface area contributed by atoms with E-state index < -0.39 is 6.17 Å². The molecular weight excluding hydrogens is 337 g/mol. The number of benzene rings is 1. The predicted octanol–water partition coefficient (Wildman–Crippen LogP) is 2.43. The van der Waals surface area contributed by atoms with Crippen molar-refractivity contribution in [3.05, 3.63) is 41.6 Å². The van der Waals surface area contributed by atoms with E-state index in [1.807, 2.05) is 0 Å². The Morgan fingerprint density at radius 3 is 2.77 bits per heavy atom. The van der Waals surface area contributed by atoms with Crippen LogP contribution in [0.15, 0.2) is 30.0 Å². The van der Waals surface area contributed by atoms with Crippen LogP contribution in [0.3, 0.4) is 0 Å². The van der Waals surface area contributed by atoms with Crippen LogP contribution < -0.4 is 0 Å². The van der Waals surface area contributed by atoms with E-state index in [2.05, 4.69) is 30.6 Å². The minimum atomic E-state index is -0.913. The summed E-state index contributed by atoms with van der Waals surface area (Å²) in [6.45, 7) is 1.73. The number of rotatable bonds is 3. The first kappa shape index (κ1) is 16.2. The van der Waals surface area contributed by atoms with Crippen molar-refractivity contribution in [3.8, 4) is 22.7 Å². The summed E-state index contributed by atoms with van der Waals surface area (Å²) in [6, 6.07) is 4.93. The summed E-state index contributed by atoms with van der Waals surface area (Å²) >= 11 is 0. The van der Waals surface area contributed by atoms with Crippen molar-refractivity contribution in [3.63, 3.8) is 0 Å². The molecular formula is C17H16FN7O. The molecule has 2 heterocycles. The van der Waals surface area contributed by atoms with Gasteiger partial charge in [0.05, 0.1) is 11.9 Å². The molecule has 1 saturated carbocycles. The molecule has 1 fully saturated rings. The van der Waals surface area contributed by atoms with Gasteiger partial charge in [-0.25, -0.2) is 9.37 Å². The van der Waals surface area contributed by atoms with Crippen LogP contribution in [-0.2, 0) is 0 Å². The van der Waals surface area contributed by atoms with Crippen LogP contribution >= 0.6 is 0 Å². The number of phenolic OH excluding ortho intramolecular Hbond substituents is 1. The van der Waals surface area contributed by atoms with Gasteiger partial charge in [-0.15, -0.1) is 25.2 Å². The van der Waals surface area contributed by atoms with Crippen molar-refractivity contribution in [2.45, 2.75) is 32.4 Å². The van der Waals surface area contributed by atoms with Gasteiger partial charge in [-0.3, -0.25) is 0 Å². The molecule has 9 heteroatoms. The SMILES string of the molecule is Cc1nnn(-c2ccc(-c3cnc(/C=C4\CCC[C@H]4F)nn3)c(O)c2)n1. The molecule has 132 valence electrons. The molecule has 0 amide bonds. The zero-order chi connectivity index (χ0) is 18.1. The molecule has 1 aliphatic rings. The van der Waals surface area contributed by atoms with E-state index in [9.17, 15) is 9.50 Å². The van der Waals surface area contributed by atoms with Crippen LogP contribution in [0.25, 0.3) is 23.0 Å². The van der Waals surface area contributed by atoms with Crippen LogP contribution in [0.1, 0.15) is 30.9 Å². The molecule has 0 aliphatic heterocycles. The van der Waals surface area contributed by atoms with E-state index in [0.29, 0.717) is 40.6 Å². The van der Waals surface area contributed by atoms with Gasteiger partial charge in [-0.2, -0.15) is 0 Å². The Bertz CT molecular complexity index is 967. The zero-order valence-corrected chi connectivity index (χ0v) is 14.0. The number of hydrogen-bond acceptors (Lipinski definition) is 7. The van der Waals surface area contributed by atoms with Crippen molar-refractivity contribution in [2.24, 2.45) is 0 Å². The first-order chi connectivity index (χ1) is 12.6. The van der Waals surface area contributed by atoms with Gasteiger partial charge in [0.15, 0.2) is 11.6 Å². The van der Waals surface area contributed by atoms with Crippen LogP contribution in [-0.4, -0.2) is 46.7 Å². The maximum atomic E-state index is 13.7. The van der Waals surface area contributed by atoms with E-state index in [0.717, 1.165) is 12.8 Å². The summed E-state index contributed by atoms with van der Waals surface area (Å²) in [4.78, 5) is 5.54. The summed E-state index contributed by atoms with van der Waals surface area (Å²) in [7, 11) is 0. The second-order valence-corrected chi connectivity index (χ2v) is 6.11. The highest BCUT2D eigenvalue weighted by atomic mass is 19.1. The summed E-state index contributed by atoms with van der Waals surface area (Å²) < 4.78 is 13.7. The minimum Gasteiger partial charge on any atom is -0.507 e. The molecule has 3 aromatic rings. The standard InChI is InChI=1S/C17H16FN7O/c1-10-20-24-25(23-10)12-5-6-13(16(26)8-12)15-9-19-17(22-21-15)7-11-3-2-4-14(11)18/h5-9,14,26H,2-4H2,1H3/b11-7+/t14-/m1/s1. The number of alkyl halides is 1. The first-order valence-electron chi connectivity index (χ1n) is 8.25. The Morgan fingerprint density at radius 1 is 1.27 bits per heavy atom. The number of aromatic hydroxyl groups is 1. The average Bonchev–Trinajstić information content (AvgIpc) is 3.24. The predicted molar refractivity (Wildman–Crippen MR) is 91.1 cm³/mol. The largest absolute Gasteiger partial charge is 0.507 e. The Labute approximate surface area is 148 Å². The number of aryl methyl sites for hydroxylation is 1. The molecule has 1 aliphatic carbocycles. The fourth-order valence-corrected chi connectivity index (χ4v) is 2.88.